The molecule has 4 atom stereocenters. The highest BCUT2D eigenvalue weighted by Gasteiger charge is 2.41. The van der Waals surface area contributed by atoms with E-state index < -0.39 is 30.0 Å². The molecule has 0 heterocycles. The number of aryl methyl sites for hydroxylation is 1. The van der Waals surface area contributed by atoms with Gasteiger partial charge in [0.15, 0.2) is 0 Å². The van der Waals surface area contributed by atoms with Gasteiger partial charge < -0.3 is 14.9 Å². The summed E-state index contributed by atoms with van der Waals surface area (Å²) in [4.78, 5) is 25.0. The van der Waals surface area contributed by atoms with Crippen molar-refractivity contribution in [2.24, 2.45) is 11.8 Å². The van der Waals surface area contributed by atoms with E-state index in [1.807, 2.05) is 60.7 Å². The number of aliphatic hydroxyl groups excluding tert-OH is 2. The number of esters is 1. The van der Waals surface area contributed by atoms with Crippen molar-refractivity contribution in [3.63, 3.8) is 0 Å². The molecular weight excluding hydrogens is 416 g/mol. The highest BCUT2D eigenvalue weighted by Crippen LogP contribution is 2.33. The lowest BCUT2D eigenvalue weighted by molar-refractivity contribution is -0.138. The van der Waals surface area contributed by atoms with E-state index in [4.69, 9.17) is 4.74 Å². The van der Waals surface area contributed by atoms with Crippen LogP contribution in [0.25, 0.3) is 10.8 Å². The number of hydrogen-bond donors (Lipinski definition) is 2. The van der Waals surface area contributed by atoms with Crippen molar-refractivity contribution in [1.82, 2.24) is 0 Å². The first-order chi connectivity index (χ1) is 16.0. The van der Waals surface area contributed by atoms with Crippen LogP contribution in [0.4, 0.5) is 0 Å². The molecule has 1 saturated carbocycles. The third-order valence-electron chi connectivity index (χ3n) is 6.20. The zero-order valence-corrected chi connectivity index (χ0v) is 18.3. The fourth-order valence-electron chi connectivity index (χ4n) is 4.38. The fraction of sp³-hybridized carbons (Fsp3) is 0.286. The number of Topliss-reactive ketones (excluding diaryl/α,β-unsaturated/α-hetero) is 1. The number of ketones is 1. The Hall–Kier alpha value is -3.28. The van der Waals surface area contributed by atoms with Gasteiger partial charge in [-0.3, -0.25) is 9.59 Å². The average Bonchev–Trinajstić information content (AvgIpc) is 3.08. The number of rotatable bonds is 8. The number of aliphatic hydroxyl groups is 2. The number of benzene rings is 3. The van der Waals surface area contributed by atoms with Gasteiger partial charge in [0, 0.05) is 18.3 Å². The smallest absolute Gasteiger partial charge is 0.311 e. The third-order valence-corrected chi connectivity index (χ3v) is 6.20. The minimum atomic E-state index is -0.867. The minimum Gasteiger partial charge on any atom is -0.426 e. The summed E-state index contributed by atoms with van der Waals surface area (Å²) in [6, 6.07) is 23.0. The zero-order chi connectivity index (χ0) is 23.2. The highest BCUT2D eigenvalue weighted by atomic mass is 16.5. The molecule has 0 radical (unpaired) electrons. The maximum atomic E-state index is 12.6. The van der Waals surface area contributed by atoms with E-state index in [-0.39, 0.29) is 18.6 Å². The molecule has 0 amide bonds. The lowest BCUT2D eigenvalue weighted by atomic mass is 9.90. The zero-order valence-electron chi connectivity index (χ0n) is 18.3. The molecule has 1 fully saturated rings. The second-order valence-corrected chi connectivity index (χ2v) is 8.59. The molecule has 170 valence electrons. The number of hydrogen-bond acceptors (Lipinski definition) is 5. The van der Waals surface area contributed by atoms with Crippen LogP contribution in [-0.4, -0.2) is 34.2 Å². The normalized spacial score (nSPS) is 21.5. The van der Waals surface area contributed by atoms with Gasteiger partial charge in [-0.05, 0) is 41.3 Å². The maximum Gasteiger partial charge on any atom is 0.311 e. The molecule has 0 spiro atoms. The Bertz CT molecular complexity index is 1140. The largest absolute Gasteiger partial charge is 0.426 e. The van der Waals surface area contributed by atoms with E-state index in [0.29, 0.717) is 12.2 Å². The average molecular weight is 445 g/mol. The van der Waals surface area contributed by atoms with Gasteiger partial charge in [-0.15, -0.1) is 0 Å². The summed E-state index contributed by atoms with van der Waals surface area (Å²) in [5.74, 6) is -1.43. The monoisotopic (exact) mass is 444 g/mol. The Morgan fingerprint density at radius 1 is 1.03 bits per heavy atom. The molecule has 3 aromatic carbocycles. The molecule has 1 aliphatic carbocycles. The Morgan fingerprint density at radius 2 is 1.76 bits per heavy atom. The lowest BCUT2D eigenvalue weighted by Gasteiger charge is -2.17. The topological polar surface area (TPSA) is 83.8 Å². The van der Waals surface area contributed by atoms with Gasteiger partial charge in [0.25, 0.3) is 0 Å². The predicted octanol–water partition coefficient (Wildman–Crippen LogP) is 4.25. The summed E-state index contributed by atoms with van der Waals surface area (Å²) >= 11 is 0. The molecule has 5 heteroatoms. The van der Waals surface area contributed by atoms with Crippen molar-refractivity contribution in [1.29, 1.82) is 0 Å². The summed E-state index contributed by atoms with van der Waals surface area (Å²) < 4.78 is 5.48. The summed E-state index contributed by atoms with van der Waals surface area (Å²) in [7, 11) is 0. The molecule has 1 aliphatic rings. The first kappa shape index (κ1) is 22.9. The summed E-state index contributed by atoms with van der Waals surface area (Å²) in [5.41, 5.74) is 1.13. The second kappa shape index (κ2) is 10.6. The van der Waals surface area contributed by atoms with Crippen LogP contribution in [0, 0.1) is 11.8 Å². The molecular formula is C28H28O5. The van der Waals surface area contributed by atoms with Crippen LogP contribution in [0.5, 0.6) is 5.75 Å². The van der Waals surface area contributed by atoms with Gasteiger partial charge in [-0.1, -0.05) is 72.8 Å². The van der Waals surface area contributed by atoms with Gasteiger partial charge in [-0.2, -0.15) is 0 Å². The van der Waals surface area contributed by atoms with Gasteiger partial charge in [0.2, 0.25) is 0 Å². The van der Waals surface area contributed by atoms with E-state index in [2.05, 4.69) is 0 Å². The standard InChI is InChI=1S/C28H28O5/c29-22(12-10-19-6-2-1-3-7-19)13-15-24-25(27(31)18-26(24)30)17-28(32)33-23-14-11-20-8-4-5-9-21(20)16-23/h1-9,11,13-16,22,24-26,29-30H,10,12,17-18H2/b15-13+/t22-,24+,25+,26+/m0/s1. The van der Waals surface area contributed by atoms with Crippen LogP contribution in [-0.2, 0) is 16.0 Å². The van der Waals surface area contributed by atoms with Crippen LogP contribution in [0.2, 0.25) is 0 Å². The Labute approximate surface area is 193 Å². The van der Waals surface area contributed by atoms with E-state index in [1.54, 1.807) is 24.3 Å². The molecule has 0 aliphatic heterocycles. The summed E-state index contributed by atoms with van der Waals surface area (Å²) in [6.45, 7) is 0. The van der Waals surface area contributed by atoms with Crippen LogP contribution in [0.1, 0.15) is 24.8 Å². The van der Waals surface area contributed by atoms with Crippen LogP contribution in [0.3, 0.4) is 0 Å². The van der Waals surface area contributed by atoms with Crippen LogP contribution in [0.15, 0.2) is 84.9 Å². The molecule has 33 heavy (non-hydrogen) atoms. The molecule has 4 rings (SSSR count). The molecule has 0 saturated heterocycles. The van der Waals surface area contributed by atoms with Crippen molar-refractivity contribution in [2.75, 3.05) is 0 Å². The van der Waals surface area contributed by atoms with E-state index in [0.717, 1.165) is 22.8 Å². The Kier molecular flexibility index (Phi) is 7.33. The Balaban J connectivity index is 1.36. The minimum absolute atomic E-state index is 0.00301. The fourth-order valence-corrected chi connectivity index (χ4v) is 4.38. The van der Waals surface area contributed by atoms with Crippen molar-refractivity contribution >= 4 is 22.5 Å². The SMILES string of the molecule is O=C(C[C@H]1C(=O)C[C@@H](O)[C@@H]1/C=C/[C@@H](O)CCc1ccccc1)Oc1ccc2ccccc2c1. The van der Waals surface area contributed by atoms with E-state index in [9.17, 15) is 19.8 Å². The van der Waals surface area contributed by atoms with Crippen molar-refractivity contribution in [2.45, 2.75) is 37.9 Å². The molecule has 0 unspecified atom stereocenters. The maximum absolute atomic E-state index is 12.6. The molecule has 3 aromatic rings. The van der Waals surface area contributed by atoms with E-state index in [1.165, 1.54) is 0 Å². The van der Waals surface area contributed by atoms with Crippen LogP contribution >= 0.6 is 0 Å². The number of fused-ring (bicyclic) bond motifs is 1. The number of carbonyl (C=O) groups is 2. The first-order valence-electron chi connectivity index (χ1n) is 11.3. The molecule has 0 bridgehead atoms. The quantitative estimate of drug-likeness (QED) is 0.308. The van der Waals surface area contributed by atoms with Gasteiger partial charge >= 0.3 is 5.97 Å². The molecule has 0 aromatic heterocycles. The first-order valence-corrected chi connectivity index (χ1v) is 11.3. The highest BCUT2D eigenvalue weighted by molar-refractivity contribution is 5.89. The Morgan fingerprint density at radius 3 is 2.55 bits per heavy atom. The number of carbonyl (C=O) groups excluding carboxylic acids is 2. The third kappa shape index (κ3) is 5.95. The summed E-state index contributed by atoms with van der Waals surface area (Å²) in [5, 5.41) is 22.7. The lowest BCUT2D eigenvalue weighted by Crippen LogP contribution is -2.24. The van der Waals surface area contributed by atoms with Gasteiger partial charge in [0.1, 0.15) is 11.5 Å². The van der Waals surface area contributed by atoms with E-state index >= 15 is 0 Å². The van der Waals surface area contributed by atoms with Crippen molar-refractivity contribution < 1.29 is 24.5 Å². The molecule has 5 nitrogen and oxygen atoms in total. The van der Waals surface area contributed by atoms with Crippen molar-refractivity contribution in [3.8, 4) is 5.75 Å². The van der Waals surface area contributed by atoms with Gasteiger partial charge in [-0.25, -0.2) is 0 Å². The van der Waals surface area contributed by atoms with Gasteiger partial charge in [0.05, 0.1) is 18.6 Å². The summed E-state index contributed by atoms with van der Waals surface area (Å²) in [6.07, 6.45) is 2.88. The predicted molar refractivity (Wildman–Crippen MR) is 127 cm³/mol. The van der Waals surface area contributed by atoms with Crippen molar-refractivity contribution in [3.05, 3.63) is 90.5 Å². The second-order valence-electron chi connectivity index (χ2n) is 8.59. The van der Waals surface area contributed by atoms with Crippen LogP contribution < -0.4 is 4.74 Å². The number of ether oxygens (including phenoxy) is 1. The molecule has 2 N–H and O–H groups in total.